The number of benzene rings is 2. The fourth-order valence-corrected chi connectivity index (χ4v) is 2.39. The van der Waals surface area contributed by atoms with E-state index in [1.54, 1.807) is 36.4 Å². The number of hydrogen-bond acceptors (Lipinski definition) is 4. The van der Waals surface area contributed by atoms with Crippen LogP contribution in [0, 0.1) is 0 Å². The highest BCUT2D eigenvalue weighted by molar-refractivity contribution is 6.32. The van der Waals surface area contributed by atoms with Gasteiger partial charge in [0.25, 0.3) is 5.91 Å². The summed E-state index contributed by atoms with van der Waals surface area (Å²) >= 11 is 11.9. The lowest BCUT2D eigenvalue weighted by atomic mass is 10.2. The van der Waals surface area contributed by atoms with Crippen LogP contribution in [0.4, 0.5) is 0 Å². The number of carbonyl (C=O) groups excluding carboxylic acids is 1. The summed E-state index contributed by atoms with van der Waals surface area (Å²) in [4.78, 5) is 11.9. The summed E-state index contributed by atoms with van der Waals surface area (Å²) in [5.74, 6) is 0.711. The van der Waals surface area contributed by atoms with Crippen molar-refractivity contribution in [3.8, 4) is 11.5 Å². The Balaban J connectivity index is 1.70. The van der Waals surface area contributed by atoms with Gasteiger partial charge in [0, 0.05) is 10.6 Å². The third-order valence-electron chi connectivity index (χ3n) is 2.92. The van der Waals surface area contributed by atoms with E-state index >= 15 is 0 Å². The zero-order valence-electron chi connectivity index (χ0n) is 11.2. The van der Waals surface area contributed by atoms with Gasteiger partial charge >= 0.3 is 0 Å². The first kappa shape index (κ1) is 14.7. The van der Waals surface area contributed by atoms with Gasteiger partial charge in [-0.1, -0.05) is 29.3 Å². The Kier molecular flexibility index (Phi) is 4.18. The monoisotopic (exact) mass is 336 g/mol. The second kappa shape index (κ2) is 6.25. The Bertz CT molecular complexity index is 762. The van der Waals surface area contributed by atoms with Crippen molar-refractivity contribution in [3.63, 3.8) is 0 Å². The Hall–Kier alpha value is -2.24. The highest BCUT2D eigenvalue weighted by atomic mass is 35.5. The predicted molar refractivity (Wildman–Crippen MR) is 84.1 cm³/mol. The molecule has 2 aromatic rings. The second-order valence-electron chi connectivity index (χ2n) is 4.45. The van der Waals surface area contributed by atoms with Gasteiger partial charge in [-0.05, 0) is 35.9 Å². The minimum Gasteiger partial charge on any atom is -0.454 e. The van der Waals surface area contributed by atoms with E-state index in [4.69, 9.17) is 32.7 Å². The van der Waals surface area contributed by atoms with Gasteiger partial charge in [-0.15, -0.1) is 0 Å². The highest BCUT2D eigenvalue weighted by Gasteiger charge is 2.17. The van der Waals surface area contributed by atoms with Gasteiger partial charge in [0.15, 0.2) is 11.5 Å². The molecule has 1 heterocycles. The number of nitrogens with one attached hydrogen (secondary N) is 1. The van der Waals surface area contributed by atoms with Gasteiger partial charge in [0.05, 0.1) is 11.2 Å². The van der Waals surface area contributed by atoms with Crippen LogP contribution in [0.1, 0.15) is 15.9 Å². The van der Waals surface area contributed by atoms with Crippen molar-refractivity contribution >= 4 is 35.3 Å². The Morgan fingerprint density at radius 2 is 2.09 bits per heavy atom. The SMILES string of the molecule is O=C(N/N=C\c1cc(Cl)c2c(c1)OCO2)c1cccc(Cl)c1. The molecule has 112 valence electrons. The summed E-state index contributed by atoms with van der Waals surface area (Å²) in [5, 5.41) is 4.81. The normalized spacial score (nSPS) is 12.6. The average Bonchev–Trinajstić information content (AvgIpc) is 2.96. The smallest absolute Gasteiger partial charge is 0.271 e. The van der Waals surface area contributed by atoms with Crippen LogP contribution in [-0.4, -0.2) is 18.9 Å². The van der Waals surface area contributed by atoms with Gasteiger partial charge in [0.1, 0.15) is 0 Å². The number of carbonyl (C=O) groups is 1. The number of halogens is 2. The first-order chi connectivity index (χ1) is 10.6. The van der Waals surface area contributed by atoms with Gasteiger partial charge < -0.3 is 9.47 Å². The summed E-state index contributed by atoms with van der Waals surface area (Å²) < 4.78 is 10.5. The number of ether oxygens (including phenoxy) is 2. The van der Waals surface area contributed by atoms with Crippen molar-refractivity contribution in [2.24, 2.45) is 5.10 Å². The molecule has 0 atom stereocenters. The predicted octanol–water partition coefficient (Wildman–Crippen LogP) is 3.49. The van der Waals surface area contributed by atoms with Crippen molar-refractivity contribution in [3.05, 3.63) is 57.6 Å². The van der Waals surface area contributed by atoms with Crippen LogP contribution in [0.5, 0.6) is 11.5 Å². The van der Waals surface area contributed by atoms with E-state index in [-0.39, 0.29) is 12.7 Å². The molecule has 1 amide bonds. The van der Waals surface area contributed by atoms with Crippen LogP contribution in [0.2, 0.25) is 10.0 Å². The van der Waals surface area contributed by atoms with E-state index < -0.39 is 0 Å². The first-order valence-electron chi connectivity index (χ1n) is 6.31. The number of hydrazone groups is 1. The third-order valence-corrected chi connectivity index (χ3v) is 3.43. The largest absolute Gasteiger partial charge is 0.454 e. The Labute approximate surface area is 136 Å². The van der Waals surface area contributed by atoms with Crippen molar-refractivity contribution in [2.75, 3.05) is 6.79 Å². The lowest BCUT2D eigenvalue weighted by molar-refractivity contribution is 0.0955. The van der Waals surface area contributed by atoms with Crippen LogP contribution >= 0.6 is 23.2 Å². The van der Waals surface area contributed by atoms with Crippen LogP contribution in [-0.2, 0) is 0 Å². The van der Waals surface area contributed by atoms with Gasteiger partial charge in [0.2, 0.25) is 6.79 Å². The maximum Gasteiger partial charge on any atom is 0.271 e. The number of amides is 1. The van der Waals surface area contributed by atoms with E-state index in [2.05, 4.69) is 10.5 Å². The summed E-state index contributed by atoms with van der Waals surface area (Å²) in [6.45, 7) is 0.140. The number of nitrogens with zero attached hydrogens (tertiary/aromatic N) is 1. The van der Waals surface area contributed by atoms with Crippen molar-refractivity contribution < 1.29 is 14.3 Å². The molecule has 0 saturated carbocycles. The minimum atomic E-state index is -0.356. The van der Waals surface area contributed by atoms with Crippen LogP contribution in [0.3, 0.4) is 0 Å². The molecule has 3 rings (SSSR count). The topological polar surface area (TPSA) is 59.9 Å². The lowest BCUT2D eigenvalue weighted by Crippen LogP contribution is -2.17. The summed E-state index contributed by atoms with van der Waals surface area (Å²) in [6.07, 6.45) is 1.47. The molecule has 2 aromatic carbocycles. The molecule has 0 unspecified atom stereocenters. The van der Waals surface area contributed by atoms with Gasteiger partial charge in [-0.3, -0.25) is 4.79 Å². The molecule has 0 fully saturated rings. The van der Waals surface area contributed by atoms with Crippen LogP contribution in [0.15, 0.2) is 41.5 Å². The van der Waals surface area contributed by atoms with Crippen molar-refractivity contribution in [1.82, 2.24) is 5.43 Å². The highest BCUT2D eigenvalue weighted by Crippen LogP contribution is 2.39. The third kappa shape index (κ3) is 3.16. The van der Waals surface area contributed by atoms with Crippen LogP contribution in [0.25, 0.3) is 0 Å². The van der Waals surface area contributed by atoms with Crippen molar-refractivity contribution in [1.29, 1.82) is 0 Å². The molecule has 0 bridgehead atoms. The van der Waals surface area contributed by atoms with E-state index in [0.717, 1.165) is 0 Å². The molecule has 1 N–H and O–H groups in total. The summed E-state index contributed by atoms with van der Waals surface area (Å²) in [5.41, 5.74) is 3.52. The molecule has 0 spiro atoms. The van der Waals surface area contributed by atoms with E-state index in [9.17, 15) is 4.79 Å². The van der Waals surface area contributed by atoms with Crippen molar-refractivity contribution in [2.45, 2.75) is 0 Å². The molecule has 1 aliphatic rings. The minimum absolute atomic E-state index is 0.140. The number of hydrogen-bond donors (Lipinski definition) is 1. The fraction of sp³-hybridized carbons (Fsp3) is 0.0667. The molecular weight excluding hydrogens is 327 g/mol. The van der Waals surface area contributed by atoms with E-state index in [1.807, 2.05) is 0 Å². The van der Waals surface area contributed by atoms with Gasteiger partial charge in [-0.25, -0.2) is 5.43 Å². The zero-order valence-corrected chi connectivity index (χ0v) is 12.7. The molecule has 0 saturated heterocycles. The maximum atomic E-state index is 11.9. The second-order valence-corrected chi connectivity index (χ2v) is 5.29. The summed E-state index contributed by atoms with van der Waals surface area (Å²) in [7, 11) is 0. The molecule has 0 aromatic heterocycles. The standard InChI is InChI=1S/C15H10Cl2N2O3/c16-11-3-1-2-10(6-11)15(20)19-18-7-9-4-12(17)14-13(5-9)21-8-22-14/h1-7H,8H2,(H,19,20)/b18-7-. The van der Waals surface area contributed by atoms with E-state index in [0.29, 0.717) is 32.7 Å². The molecule has 0 radical (unpaired) electrons. The lowest BCUT2D eigenvalue weighted by Gasteiger charge is -2.02. The molecule has 22 heavy (non-hydrogen) atoms. The molecule has 5 nitrogen and oxygen atoms in total. The maximum absolute atomic E-state index is 11.9. The van der Waals surface area contributed by atoms with Crippen LogP contribution < -0.4 is 14.9 Å². The fourth-order valence-electron chi connectivity index (χ4n) is 1.92. The quantitative estimate of drug-likeness (QED) is 0.689. The Morgan fingerprint density at radius 3 is 2.91 bits per heavy atom. The molecule has 1 aliphatic heterocycles. The van der Waals surface area contributed by atoms with Gasteiger partial charge in [-0.2, -0.15) is 5.10 Å². The molecule has 0 aliphatic carbocycles. The first-order valence-corrected chi connectivity index (χ1v) is 7.07. The number of fused-ring (bicyclic) bond motifs is 1. The number of rotatable bonds is 3. The zero-order chi connectivity index (χ0) is 15.5. The summed E-state index contributed by atoms with van der Waals surface area (Å²) in [6, 6.07) is 9.99. The van der Waals surface area contributed by atoms with E-state index in [1.165, 1.54) is 6.21 Å². The average molecular weight is 337 g/mol. The Morgan fingerprint density at radius 1 is 1.23 bits per heavy atom. The molecular formula is C15H10Cl2N2O3. The molecule has 7 heteroatoms.